The van der Waals surface area contributed by atoms with Crippen molar-refractivity contribution in [1.82, 2.24) is 0 Å². The predicted octanol–water partition coefficient (Wildman–Crippen LogP) is 1.79. The third-order valence-electron chi connectivity index (χ3n) is 4.47. The van der Waals surface area contributed by atoms with Crippen LogP contribution in [0.15, 0.2) is 24.3 Å². The fourth-order valence-electron chi connectivity index (χ4n) is 3.02. The Hall–Kier alpha value is -1.96. The van der Waals surface area contributed by atoms with Gasteiger partial charge >= 0.3 is 5.97 Å². The summed E-state index contributed by atoms with van der Waals surface area (Å²) >= 11 is 0. The van der Waals surface area contributed by atoms with Crippen LogP contribution in [0.1, 0.15) is 31.1 Å². The number of carbonyl (C=O) groups excluding carboxylic acids is 2. The minimum absolute atomic E-state index is 0.0829. The third kappa shape index (κ3) is 4.18. The maximum atomic E-state index is 12.2. The SMILES string of the molecule is COC(=O)C[C@@H]1O[C@@H]2CO[C@@H](c3ccc(OC)cc3)O[C@H]2CCC1=O. The van der Waals surface area contributed by atoms with Gasteiger partial charge in [-0.25, -0.2) is 0 Å². The first-order valence-corrected chi connectivity index (χ1v) is 8.26. The molecule has 7 nitrogen and oxygen atoms in total. The number of ether oxygens (including phenoxy) is 5. The van der Waals surface area contributed by atoms with Gasteiger partial charge in [-0.3, -0.25) is 9.59 Å². The molecule has 2 aliphatic heterocycles. The Kier molecular flexibility index (Phi) is 5.67. The molecule has 0 unspecified atom stereocenters. The number of benzene rings is 1. The standard InChI is InChI=1S/C18H22O7/c1-21-12-5-3-11(4-6-12)18-23-10-16-14(25-18)8-7-13(19)15(24-16)9-17(20)22-2/h3-6,14-16,18H,7-10H2,1-2H3/t14-,15-,16+,18+/m0/s1. The summed E-state index contributed by atoms with van der Waals surface area (Å²) in [7, 11) is 2.90. The molecule has 2 heterocycles. The number of Topliss-reactive ketones (excluding diaryl/α,β-unsaturated/α-hetero) is 1. The maximum absolute atomic E-state index is 12.2. The van der Waals surface area contributed by atoms with E-state index in [0.717, 1.165) is 11.3 Å². The van der Waals surface area contributed by atoms with Crippen LogP contribution in [0.2, 0.25) is 0 Å². The molecule has 0 bridgehead atoms. The first-order chi connectivity index (χ1) is 12.1. The van der Waals surface area contributed by atoms with E-state index in [1.54, 1.807) is 7.11 Å². The van der Waals surface area contributed by atoms with Gasteiger partial charge in [-0.05, 0) is 18.6 Å². The van der Waals surface area contributed by atoms with Crippen molar-refractivity contribution in [2.75, 3.05) is 20.8 Å². The average molecular weight is 350 g/mol. The quantitative estimate of drug-likeness (QED) is 0.766. The molecule has 1 aromatic carbocycles. The average Bonchev–Trinajstić information content (AvgIpc) is 2.80. The highest BCUT2D eigenvalue weighted by Gasteiger charge is 2.40. The third-order valence-corrected chi connectivity index (χ3v) is 4.47. The molecule has 0 N–H and O–H groups in total. The number of carbonyl (C=O) groups is 2. The summed E-state index contributed by atoms with van der Waals surface area (Å²) in [6.07, 6.45) is -1.19. The molecule has 2 aliphatic rings. The van der Waals surface area contributed by atoms with Gasteiger partial charge in [0, 0.05) is 12.0 Å². The van der Waals surface area contributed by atoms with Gasteiger partial charge in [0.2, 0.25) is 0 Å². The van der Waals surface area contributed by atoms with Crippen LogP contribution in [-0.4, -0.2) is 50.9 Å². The predicted molar refractivity (Wildman–Crippen MR) is 86.1 cm³/mol. The number of rotatable bonds is 4. The van der Waals surface area contributed by atoms with E-state index in [0.29, 0.717) is 19.4 Å². The van der Waals surface area contributed by atoms with Crippen LogP contribution < -0.4 is 4.74 Å². The van der Waals surface area contributed by atoms with Gasteiger partial charge in [0.15, 0.2) is 12.1 Å². The van der Waals surface area contributed by atoms with Crippen molar-refractivity contribution in [1.29, 1.82) is 0 Å². The van der Waals surface area contributed by atoms with Gasteiger partial charge in [-0.2, -0.15) is 0 Å². The Morgan fingerprint density at radius 2 is 1.92 bits per heavy atom. The molecule has 1 aromatic rings. The van der Waals surface area contributed by atoms with Crippen molar-refractivity contribution in [3.63, 3.8) is 0 Å². The highest BCUT2D eigenvalue weighted by molar-refractivity contribution is 5.87. The van der Waals surface area contributed by atoms with Gasteiger partial charge in [0.1, 0.15) is 18.0 Å². The van der Waals surface area contributed by atoms with Gasteiger partial charge < -0.3 is 23.7 Å². The molecule has 2 saturated heterocycles. The second-order valence-corrected chi connectivity index (χ2v) is 6.06. The highest BCUT2D eigenvalue weighted by Crippen LogP contribution is 2.33. The smallest absolute Gasteiger partial charge is 0.308 e. The number of methoxy groups -OCH3 is 2. The number of ketones is 1. The van der Waals surface area contributed by atoms with E-state index < -0.39 is 18.4 Å². The molecular weight excluding hydrogens is 328 g/mol. The number of fused-ring (bicyclic) bond motifs is 1. The Bertz CT molecular complexity index is 612. The Labute approximate surface area is 146 Å². The molecular formula is C18H22O7. The molecule has 0 saturated carbocycles. The summed E-state index contributed by atoms with van der Waals surface area (Å²) in [6.45, 7) is 0.298. The van der Waals surface area contributed by atoms with E-state index in [1.165, 1.54) is 7.11 Å². The minimum Gasteiger partial charge on any atom is -0.497 e. The van der Waals surface area contributed by atoms with Crippen LogP contribution >= 0.6 is 0 Å². The van der Waals surface area contributed by atoms with Crippen molar-refractivity contribution < 1.29 is 33.3 Å². The highest BCUT2D eigenvalue weighted by atomic mass is 16.7. The molecule has 25 heavy (non-hydrogen) atoms. The second-order valence-electron chi connectivity index (χ2n) is 6.06. The summed E-state index contributed by atoms with van der Waals surface area (Å²) in [4.78, 5) is 23.6. The lowest BCUT2D eigenvalue weighted by Crippen LogP contribution is -2.43. The monoisotopic (exact) mass is 350 g/mol. The molecule has 0 aliphatic carbocycles. The Balaban J connectivity index is 1.65. The summed E-state index contributed by atoms with van der Waals surface area (Å²) in [5, 5.41) is 0. The van der Waals surface area contributed by atoms with Gasteiger partial charge in [-0.1, -0.05) is 12.1 Å². The van der Waals surface area contributed by atoms with Crippen LogP contribution in [0.5, 0.6) is 5.75 Å². The lowest BCUT2D eigenvalue weighted by molar-refractivity contribution is -0.268. The molecule has 7 heteroatoms. The molecule has 3 rings (SSSR count). The summed E-state index contributed by atoms with van der Waals surface area (Å²) in [5.41, 5.74) is 0.876. The van der Waals surface area contributed by atoms with Gasteiger partial charge in [0.05, 0.1) is 33.4 Å². The largest absolute Gasteiger partial charge is 0.497 e. The van der Waals surface area contributed by atoms with Crippen molar-refractivity contribution in [2.24, 2.45) is 0 Å². The van der Waals surface area contributed by atoms with Crippen molar-refractivity contribution in [3.8, 4) is 5.75 Å². The van der Waals surface area contributed by atoms with E-state index in [4.69, 9.17) is 18.9 Å². The Morgan fingerprint density at radius 3 is 2.60 bits per heavy atom. The van der Waals surface area contributed by atoms with Crippen LogP contribution in [0.4, 0.5) is 0 Å². The fraction of sp³-hybridized carbons (Fsp3) is 0.556. The lowest BCUT2D eigenvalue weighted by atomic mass is 10.0. The van der Waals surface area contributed by atoms with Crippen molar-refractivity contribution in [3.05, 3.63) is 29.8 Å². The van der Waals surface area contributed by atoms with Crippen molar-refractivity contribution >= 4 is 11.8 Å². The summed E-state index contributed by atoms with van der Waals surface area (Å²) in [5.74, 6) is 0.182. The maximum Gasteiger partial charge on any atom is 0.308 e. The van der Waals surface area contributed by atoms with Gasteiger partial charge in [0.25, 0.3) is 0 Å². The number of hydrogen-bond acceptors (Lipinski definition) is 7. The number of hydrogen-bond donors (Lipinski definition) is 0. The molecule has 2 fully saturated rings. The zero-order valence-electron chi connectivity index (χ0n) is 14.3. The number of esters is 1. The van der Waals surface area contributed by atoms with E-state index in [9.17, 15) is 9.59 Å². The van der Waals surface area contributed by atoms with E-state index >= 15 is 0 Å². The lowest BCUT2D eigenvalue weighted by Gasteiger charge is -2.36. The molecule has 0 amide bonds. The van der Waals surface area contributed by atoms with Crippen LogP contribution in [-0.2, 0) is 28.5 Å². The molecule has 136 valence electrons. The zero-order valence-corrected chi connectivity index (χ0v) is 14.3. The second kappa shape index (κ2) is 7.95. The molecule has 0 spiro atoms. The van der Waals surface area contributed by atoms with Crippen LogP contribution in [0.25, 0.3) is 0 Å². The zero-order chi connectivity index (χ0) is 17.8. The normalized spacial score (nSPS) is 29.4. The van der Waals surface area contributed by atoms with Crippen LogP contribution in [0.3, 0.4) is 0 Å². The fourth-order valence-corrected chi connectivity index (χ4v) is 3.02. The van der Waals surface area contributed by atoms with Crippen LogP contribution in [0, 0.1) is 0 Å². The topological polar surface area (TPSA) is 80.3 Å². The first kappa shape index (κ1) is 17.8. The minimum atomic E-state index is -0.799. The van der Waals surface area contributed by atoms with Crippen molar-refractivity contribution in [2.45, 2.75) is 43.9 Å². The van der Waals surface area contributed by atoms with Gasteiger partial charge in [-0.15, -0.1) is 0 Å². The first-order valence-electron chi connectivity index (χ1n) is 8.26. The summed E-state index contributed by atoms with van der Waals surface area (Å²) in [6, 6.07) is 7.44. The Morgan fingerprint density at radius 1 is 1.16 bits per heavy atom. The molecule has 0 radical (unpaired) electrons. The van der Waals surface area contributed by atoms with E-state index in [-0.39, 0.29) is 24.4 Å². The summed E-state index contributed by atoms with van der Waals surface area (Å²) < 4.78 is 27.3. The molecule has 4 atom stereocenters. The van der Waals surface area contributed by atoms with E-state index in [2.05, 4.69) is 4.74 Å². The van der Waals surface area contributed by atoms with E-state index in [1.807, 2.05) is 24.3 Å². The molecule has 0 aromatic heterocycles.